The number of hydrogen-bond acceptors (Lipinski definition) is 2. The summed E-state index contributed by atoms with van der Waals surface area (Å²) in [6.07, 6.45) is -5.01. The molecule has 0 fully saturated rings. The van der Waals surface area contributed by atoms with Crippen LogP contribution >= 0.6 is 0 Å². The highest BCUT2D eigenvalue weighted by Crippen LogP contribution is 2.32. The van der Waals surface area contributed by atoms with E-state index in [0.29, 0.717) is 6.07 Å². The molecule has 0 amide bonds. The molecule has 0 aliphatic heterocycles. The van der Waals surface area contributed by atoms with Crippen LogP contribution in [0.1, 0.15) is 22.3 Å². The molecule has 0 saturated carbocycles. The highest BCUT2D eigenvalue weighted by Gasteiger charge is 2.31. The third-order valence-electron chi connectivity index (χ3n) is 2.25. The van der Waals surface area contributed by atoms with Gasteiger partial charge in [0.05, 0.1) is 23.6 Å². The highest BCUT2D eigenvalue weighted by molar-refractivity contribution is 5.72. The maximum atomic E-state index is 12.5. The SMILES string of the molecule is Cc1cc(C(F)(F)F)cc(C#N)c1CC(=O)O. The largest absolute Gasteiger partial charge is 0.481 e. The summed E-state index contributed by atoms with van der Waals surface area (Å²) in [5.74, 6) is -1.19. The van der Waals surface area contributed by atoms with Gasteiger partial charge < -0.3 is 5.11 Å². The predicted octanol–water partition coefficient (Wildman–Crippen LogP) is 2.51. The number of benzene rings is 1. The topological polar surface area (TPSA) is 61.1 Å². The fourth-order valence-electron chi connectivity index (χ4n) is 1.47. The quantitative estimate of drug-likeness (QED) is 0.868. The van der Waals surface area contributed by atoms with Crippen LogP contribution in [0.4, 0.5) is 13.2 Å². The van der Waals surface area contributed by atoms with Crippen LogP contribution in [0.2, 0.25) is 0 Å². The van der Waals surface area contributed by atoms with Crippen molar-refractivity contribution in [3.8, 4) is 6.07 Å². The summed E-state index contributed by atoms with van der Waals surface area (Å²) in [4.78, 5) is 10.5. The maximum Gasteiger partial charge on any atom is 0.416 e. The first-order valence-corrected chi connectivity index (χ1v) is 4.58. The second-order valence-electron chi connectivity index (χ2n) is 3.50. The molecule has 1 rings (SSSR count). The molecule has 1 aromatic carbocycles. The van der Waals surface area contributed by atoms with Crippen LogP contribution in [-0.2, 0) is 17.4 Å². The molecule has 1 N–H and O–H groups in total. The van der Waals surface area contributed by atoms with E-state index >= 15 is 0 Å². The Balaban J connectivity index is 3.37. The third-order valence-corrected chi connectivity index (χ3v) is 2.25. The molecule has 0 saturated heterocycles. The van der Waals surface area contributed by atoms with Crippen molar-refractivity contribution in [3.05, 3.63) is 34.4 Å². The Bertz CT molecular complexity index is 501. The molecule has 17 heavy (non-hydrogen) atoms. The van der Waals surface area contributed by atoms with Gasteiger partial charge >= 0.3 is 12.1 Å². The number of nitriles is 1. The van der Waals surface area contributed by atoms with E-state index in [1.807, 2.05) is 0 Å². The Morgan fingerprint density at radius 3 is 2.47 bits per heavy atom. The third kappa shape index (κ3) is 2.97. The second kappa shape index (κ2) is 4.45. The van der Waals surface area contributed by atoms with Crippen LogP contribution in [0.25, 0.3) is 0 Å². The van der Waals surface area contributed by atoms with Gasteiger partial charge in [0.1, 0.15) is 0 Å². The number of aliphatic carboxylic acids is 1. The molecule has 0 atom stereocenters. The Morgan fingerprint density at radius 1 is 1.47 bits per heavy atom. The minimum atomic E-state index is -4.54. The van der Waals surface area contributed by atoms with Gasteiger partial charge in [0.25, 0.3) is 0 Å². The van der Waals surface area contributed by atoms with Crippen molar-refractivity contribution < 1.29 is 23.1 Å². The van der Waals surface area contributed by atoms with Crippen LogP contribution in [0.5, 0.6) is 0 Å². The van der Waals surface area contributed by atoms with E-state index in [0.717, 1.165) is 6.07 Å². The van der Waals surface area contributed by atoms with E-state index in [4.69, 9.17) is 10.4 Å². The van der Waals surface area contributed by atoms with Crippen LogP contribution in [0, 0.1) is 18.3 Å². The molecule has 90 valence electrons. The normalized spacial score (nSPS) is 11.0. The predicted molar refractivity (Wildman–Crippen MR) is 52.2 cm³/mol. The van der Waals surface area contributed by atoms with Gasteiger partial charge in [0.15, 0.2) is 0 Å². The first-order valence-electron chi connectivity index (χ1n) is 4.58. The Morgan fingerprint density at radius 2 is 2.06 bits per heavy atom. The van der Waals surface area contributed by atoms with Crippen molar-refractivity contribution in [2.24, 2.45) is 0 Å². The zero-order chi connectivity index (χ0) is 13.2. The maximum absolute atomic E-state index is 12.5. The molecule has 0 heterocycles. The summed E-state index contributed by atoms with van der Waals surface area (Å²) in [6, 6.07) is 3.11. The zero-order valence-electron chi connectivity index (χ0n) is 8.80. The molecule has 0 radical (unpaired) electrons. The molecule has 0 unspecified atom stereocenters. The number of aryl methyl sites for hydroxylation is 1. The van der Waals surface area contributed by atoms with Gasteiger partial charge in [-0.3, -0.25) is 4.79 Å². The molecule has 6 heteroatoms. The number of alkyl halides is 3. The van der Waals surface area contributed by atoms with Gasteiger partial charge in [0, 0.05) is 0 Å². The van der Waals surface area contributed by atoms with Gasteiger partial charge in [-0.2, -0.15) is 18.4 Å². The van der Waals surface area contributed by atoms with Gasteiger partial charge in [-0.1, -0.05) is 0 Å². The van der Waals surface area contributed by atoms with Gasteiger partial charge in [0.2, 0.25) is 0 Å². The van der Waals surface area contributed by atoms with Crippen LogP contribution in [-0.4, -0.2) is 11.1 Å². The fraction of sp³-hybridized carbons (Fsp3) is 0.273. The van der Waals surface area contributed by atoms with E-state index < -0.39 is 24.1 Å². The summed E-state index contributed by atoms with van der Waals surface area (Å²) in [5, 5.41) is 17.3. The van der Waals surface area contributed by atoms with E-state index in [1.54, 1.807) is 6.07 Å². The average Bonchev–Trinajstić information content (AvgIpc) is 2.18. The minimum absolute atomic E-state index is 0.119. The highest BCUT2D eigenvalue weighted by atomic mass is 19.4. The summed E-state index contributed by atoms with van der Waals surface area (Å²) < 4.78 is 37.4. The van der Waals surface area contributed by atoms with Crippen LogP contribution in [0.3, 0.4) is 0 Å². The fourth-order valence-corrected chi connectivity index (χ4v) is 1.47. The second-order valence-corrected chi connectivity index (χ2v) is 3.50. The smallest absolute Gasteiger partial charge is 0.416 e. The van der Waals surface area contributed by atoms with E-state index in [2.05, 4.69) is 0 Å². The zero-order valence-corrected chi connectivity index (χ0v) is 8.80. The molecule has 1 aromatic rings. The van der Waals surface area contributed by atoms with Crippen LogP contribution in [0.15, 0.2) is 12.1 Å². The van der Waals surface area contributed by atoms with Crippen molar-refractivity contribution in [1.82, 2.24) is 0 Å². The molecule has 0 aliphatic carbocycles. The number of carbonyl (C=O) groups is 1. The minimum Gasteiger partial charge on any atom is -0.481 e. The van der Waals surface area contributed by atoms with E-state index in [-0.39, 0.29) is 16.7 Å². The monoisotopic (exact) mass is 243 g/mol. The Hall–Kier alpha value is -2.03. The van der Waals surface area contributed by atoms with Gasteiger partial charge in [-0.25, -0.2) is 0 Å². The van der Waals surface area contributed by atoms with E-state index in [9.17, 15) is 18.0 Å². The lowest BCUT2D eigenvalue weighted by Gasteiger charge is -2.11. The number of carboxylic acid groups (broad SMARTS) is 1. The number of nitrogens with zero attached hydrogens (tertiary/aromatic N) is 1. The molecular weight excluding hydrogens is 235 g/mol. The van der Waals surface area contributed by atoms with Crippen molar-refractivity contribution in [1.29, 1.82) is 5.26 Å². The van der Waals surface area contributed by atoms with Crippen molar-refractivity contribution in [3.63, 3.8) is 0 Å². The average molecular weight is 243 g/mol. The first-order chi connectivity index (χ1) is 7.75. The number of rotatable bonds is 2. The van der Waals surface area contributed by atoms with Crippen molar-refractivity contribution in [2.45, 2.75) is 19.5 Å². The molecule has 0 bridgehead atoms. The van der Waals surface area contributed by atoms with Gasteiger partial charge in [-0.15, -0.1) is 0 Å². The van der Waals surface area contributed by atoms with Gasteiger partial charge in [-0.05, 0) is 30.2 Å². The Kier molecular flexibility index (Phi) is 3.42. The lowest BCUT2D eigenvalue weighted by atomic mass is 9.96. The molecule has 0 aliphatic rings. The number of carboxylic acids is 1. The summed E-state index contributed by atoms with van der Waals surface area (Å²) in [6.45, 7) is 1.36. The molecule has 3 nitrogen and oxygen atoms in total. The van der Waals surface area contributed by atoms with Crippen molar-refractivity contribution >= 4 is 5.97 Å². The van der Waals surface area contributed by atoms with E-state index in [1.165, 1.54) is 6.92 Å². The van der Waals surface area contributed by atoms with Crippen LogP contribution < -0.4 is 0 Å². The number of hydrogen-bond donors (Lipinski definition) is 1. The molecule has 0 aromatic heterocycles. The molecular formula is C11H8F3NO2. The summed E-state index contributed by atoms with van der Waals surface area (Å²) in [5.41, 5.74) is -0.924. The molecule has 0 spiro atoms. The lowest BCUT2D eigenvalue weighted by molar-refractivity contribution is -0.137. The Labute approximate surface area is 95.1 Å². The number of halogens is 3. The summed E-state index contributed by atoms with van der Waals surface area (Å²) in [7, 11) is 0. The standard InChI is InChI=1S/C11H8F3NO2/c1-6-2-8(11(12,13)14)3-7(5-15)9(6)4-10(16)17/h2-3H,4H2,1H3,(H,16,17). The summed E-state index contributed by atoms with van der Waals surface area (Å²) >= 11 is 0. The lowest BCUT2D eigenvalue weighted by Crippen LogP contribution is -2.10. The first kappa shape index (κ1) is 13.0. The van der Waals surface area contributed by atoms with Crippen molar-refractivity contribution in [2.75, 3.05) is 0 Å².